The third-order valence-corrected chi connectivity index (χ3v) is 4.10. The van der Waals surface area contributed by atoms with Gasteiger partial charge >= 0.3 is 0 Å². The number of hydrogen-bond donors (Lipinski definition) is 2. The van der Waals surface area contributed by atoms with Crippen LogP contribution in [-0.4, -0.2) is 20.2 Å². The summed E-state index contributed by atoms with van der Waals surface area (Å²) in [6.07, 6.45) is 4.96. The molecule has 7 heteroatoms. The minimum Gasteiger partial charge on any atom is -0.389 e. The Morgan fingerprint density at radius 3 is 3.11 bits per heavy atom. The summed E-state index contributed by atoms with van der Waals surface area (Å²) in [5, 5.41) is 11.8. The van der Waals surface area contributed by atoms with Gasteiger partial charge in [0.15, 0.2) is 10.9 Å². The van der Waals surface area contributed by atoms with Gasteiger partial charge in [-0.25, -0.2) is 4.98 Å². The van der Waals surface area contributed by atoms with Crippen molar-refractivity contribution in [2.24, 2.45) is 5.73 Å². The maximum atomic E-state index is 5.65. The molecule has 0 bridgehead atoms. The highest BCUT2D eigenvalue weighted by atomic mass is 32.1. The van der Waals surface area contributed by atoms with Crippen molar-refractivity contribution in [3.05, 3.63) is 28.4 Å². The second-order valence-corrected chi connectivity index (χ2v) is 5.55. The number of fused-ring (bicyclic) bond motifs is 1. The zero-order valence-corrected chi connectivity index (χ0v) is 11.1. The van der Waals surface area contributed by atoms with Crippen molar-refractivity contribution in [3.8, 4) is 0 Å². The van der Waals surface area contributed by atoms with Crippen molar-refractivity contribution >= 4 is 39.5 Å². The summed E-state index contributed by atoms with van der Waals surface area (Å²) in [6, 6.07) is 1.75. The Labute approximate surface area is 113 Å². The van der Waals surface area contributed by atoms with Crippen LogP contribution in [0.4, 0.5) is 10.9 Å². The maximum absolute atomic E-state index is 5.65. The average molecular weight is 277 g/mol. The van der Waals surface area contributed by atoms with E-state index in [4.69, 9.17) is 18.0 Å². The van der Waals surface area contributed by atoms with E-state index in [0.29, 0.717) is 16.4 Å². The number of thiazole rings is 1. The lowest BCUT2D eigenvalue weighted by atomic mass is 10.3. The molecular weight excluding hydrogens is 266 g/mol. The average Bonchev–Trinajstić information content (AvgIpc) is 2.90. The van der Waals surface area contributed by atoms with Gasteiger partial charge in [-0.1, -0.05) is 12.2 Å². The van der Waals surface area contributed by atoms with E-state index in [1.165, 1.54) is 17.0 Å². The van der Waals surface area contributed by atoms with E-state index in [1.807, 2.05) is 0 Å². The second kappa shape index (κ2) is 4.58. The molecule has 92 valence electrons. The summed E-state index contributed by atoms with van der Waals surface area (Å²) in [6.45, 7) is 0. The Balaban J connectivity index is 1.90. The molecule has 0 amide bonds. The van der Waals surface area contributed by atoms with Gasteiger partial charge in [-0.05, 0) is 25.3 Å². The van der Waals surface area contributed by atoms with Crippen LogP contribution in [0, 0.1) is 0 Å². The number of aryl methyl sites for hydroxylation is 2. The van der Waals surface area contributed by atoms with Crippen molar-refractivity contribution in [1.29, 1.82) is 0 Å². The molecule has 3 N–H and O–H groups in total. The molecule has 2 heterocycles. The van der Waals surface area contributed by atoms with Crippen LogP contribution in [0.5, 0.6) is 0 Å². The molecule has 0 saturated carbocycles. The molecule has 0 saturated heterocycles. The number of thiocarbonyl (C=S) groups is 1. The summed E-state index contributed by atoms with van der Waals surface area (Å²) in [7, 11) is 0. The van der Waals surface area contributed by atoms with Crippen LogP contribution in [0.25, 0.3) is 0 Å². The monoisotopic (exact) mass is 277 g/mol. The Bertz CT molecular complexity index is 586. The van der Waals surface area contributed by atoms with E-state index in [1.54, 1.807) is 23.6 Å². The predicted octanol–water partition coefficient (Wildman–Crippen LogP) is 1.80. The van der Waals surface area contributed by atoms with Crippen LogP contribution >= 0.6 is 23.6 Å². The van der Waals surface area contributed by atoms with Crippen LogP contribution < -0.4 is 11.1 Å². The first-order valence-corrected chi connectivity index (χ1v) is 6.83. The van der Waals surface area contributed by atoms with E-state index in [9.17, 15) is 0 Å². The maximum Gasteiger partial charge on any atom is 0.188 e. The summed E-state index contributed by atoms with van der Waals surface area (Å²) in [4.78, 5) is 6.20. The summed E-state index contributed by atoms with van der Waals surface area (Å²) >= 11 is 6.65. The summed E-state index contributed by atoms with van der Waals surface area (Å²) in [5.41, 5.74) is 7.53. The molecule has 0 atom stereocenters. The van der Waals surface area contributed by atoms with Crippen LogP contribution in [-0.2, 0) is 12.8 Å². The van der Waals surface area contributed by atoms with Crippen molar-refractivity contribution in [1.82, 2.24) is 15.2 Å². The van der Waals surface area contributed by atoms with Gasteiger partial charge in [0.05, 0.1) is 17.5 Å². The number of nitrogens with two attached hydrogens (primary N) is 1. The molecule has 0 fully saturated rings. The fourth-order valence-corrected chi connectivity index (χ4v) is 3.18. The molecule has 1 aliphatic carbocycles. The lowest BCUT2D eigenvalue weighted by Gasteiger charge is -2.05. The summed E-state index contributed by atoms with van der Waals surface area (Å²) < 4.78 is 0. The van der Waals surface area contributed by atoms with Gasteiger partial charge in [-0.15, -0.1) is 16.4 Å². The molecule has 18 heavy (non-hydrogen) atoms. The second-order valence-electron chi connectivity index (χ2n) is 4.03. The predicted molar refractivity (Wildman–Crippen MR) is 75.3 cm³/mol. The molecule has 0 spiro atoms. The van der Waals surface area contributed by atoms with Gasteiger partial charge in [0.25, 0.3) is 0 Å². The number of rotatable bonds is 3. The van der Waals surface area contributed by atoms with E-state index in [-0.39, 0.29) is 0 Å². The number of hydrogen-bond acceptors (Lipinski definition) is 6. The molecule has 5 nitrogen and oxygen atoms in total. The van der Waals surface area contributed by atoms with Gasteiger partial charge in [0.1, 0.15) is 4.99 Å². The molecule has 2 aromatic heterocycles. The third-order valence-electron chi connectivity index (χ3n) is 2.81. The van der Waals surface area contributed by atoms with E-state index in [2.05, 4.69) is 20.5 Å². The van der Waals surface area contributed by atoms with E-state index in [0.717, 1.165) is 18.0 Å². The molecule has 0 unspecified atom stereocenters. The Morgan fingerprint density at radius 1 is 1.44 bits per heavy atom. The zero-order chi connectivity index (χ0) is 12.5. The highest BCUT2D eigenvalue weighted by Gasteiger charge is 2.17. The molecular formula is C11H11N5S2. The topological polar surface area (TPSA) is 76.7 Å². The smallest absolute Gasteiger partial charge is 0.188 e. The lowest BCUT2D eigenvalue weighted by Crippen LogP contribution is -2.13. The Kier molecular flexibility index (Phi) is 2.92. The lowest BCUT2D eigenvalue weighted by molar-refractivity contribution is 0.900. The van der Waals surface area contributed by atoms with E-state index < -0.39 is 0 Å². The Morgan fingerprint density at radius 2 is 2.33 bits per heavy atom. The number of nitrogens with one attached hydrogen (secondary N) is 1. The van der Waals surface area contributed by atoms with Gasteiger partial charge < -0.3 is 11.1 Å². The number of aromatic nitrogens is 3. The standard InChI is InChI=1S/C11H11N5S2/c12-9(17)6-4-5-13-16-10(6)15-11-14-7-2-1-3-8(7)18-11/h4-5H,1-3H2,(H2,12,17)(H,14,15,16). The van der Waals surface area contributed by atoms with Crippen LogP contribution in [0.3, 0.4) is 0 Å². The van der Waals surface area contributed by atoms with Crippen molar-refractivity contribution < 1.29 is 0 Å². The quantitative estimate of drug-likeness (QED) is 0.833. The number of anilines is 2. The molecule has 3 rings (SSSR count). The highest BCUT2D eigenvalue weighted by Crippen LogP contribution is 2.32. The first-order chi connectivity index (χ1) is 8.74. The molecule has 0 aliphatic heterocycles. The Hall–Kier alpha value is -1.60. The highest BCUT2D eigenvalue weighted by molar-refractivity contribution is 7.80. The van der Waals surface area contributed by atoms with Crippen molar-refractivity contribution in [2.45, 2.75) is 19.3 Å². The van der Waals surface area contributed by atoms with Gasteiger partial charge in [0, 0.05) is 4.88 Å². The molecule has 0 aromatic carbocycles. The minimum absolute atomic E-state index is 0.302. The fraction of sp³-hybridized carbons (Fsp3) is 0.273. The van der Waals surface area contributed by atoms with Crippen molar-refractivity contribution in [3.63, 3.8) is 0 Å². The van der Waals surface area contributed by atoms with Crippen LogP contribution in [0.1, 0.15) is 22.6 Å². The van der Waals surface area contributed by atoms with E-state index >= 15 is 0 Å². The summed E-state index contributed by atoms with van der Waals surface area (Å²) in [5.74, 6) is 0.567. The number of nitrogens with zero attached hydrogens (tertiary/aromatic N) is 3. The molecule has 1 aliphatic rings. The zero-order valence-electron chi connectivity index (χ0n) is 9.51. The van der Waals surface area contributed by atoms with Crippen LogP contribution in [0.15, 0.2) is 12.3 Å². The van der Waals surface area contributed by atoms with Crippen LogP contribution in [0.2, 0.25) is 0 Å². The van der Waals surface area contributed by atoms with Crippen molar-refractivity contribution in [2.75, 3.05) is 5.32 Å². The third kappa shape index (κ3) is 2.06. The fourth-order valence-electron chi connectivity index (χ4n) is 1.97. The molecule has 0 radical (unpaired) electrons. The first-order valence-electron chi connectivity index (χ1n) is 5.61. The largest absolute Gasteiger partial charge is 0.389 e. The van der Waals surface area contributed by atoms with Gasteiger partial charge in [0.2, 0.25) is 0 Å². The first kappa shape index (κ1) is 11.5. The SMILES string of the molecule is NC(=S)c1ccnnc1Nc1nc2c(s1)CCC2. The minimum atomic E-state index is 0.302. The van der Waals surface area contributed by atoms with Gasteiger partial charge in [-0.3, -0.25) is 0 Å². The normalized spacial score (nSPS) is 13.3. The molecule has 2 aromatic rings. The van der Waals surface area contributed by atoms with Gasteiger partial charge in [-0.2, -0.15) is 5.10 Å².